The van der Waals surface area contributed by atoms with E-state index in [1.807, 2.05) is 0 Å². The van der Waals surface area contributed by atoms with E-state index in [9.17, 15) is 27.7 Å². The number of nitrogens with zero attached hydrogens (tertiary/aromatic N) is 1. The first-order valence-electron chi connectivity index (χ1n) is 8.27. The number of nitrogens with one attached hydrogen (secondary N) is 1. The third kappa shape index (κ3) is 6.43. The summed E-state index contributed by atoms with van der Waals surface area (Å²) in [5, 5.41) is 17.8. The van der Waals surface area contributed by atoms with E-state index < -0.39 is 56.9 Å². The van der Waals surface area contributed by atoms with E-state index in [1.54, 1.807) is 18.2 Å². The highest BCUT2D eigenvalue weighted by Gasteiger charge is 2.27. The quantitative estimate of drug-likeness (QED) is 0.203. The maximum absolute atomic E-state index is 13.6. The molecule has 0 bridgehead atoms. The number of carbonyl (C=O) groups is 1. The lowest BCUT2D eigenvalue weighted by molar-refractivity contribution is -0.385. The molecule has 11 heteroatoms. The summed E-state index contributed by atoms with van der Waals surface area (Å²) in [6, 6.07) is 12.0. The lowest BCUT2D eigenvalue weighted by Crippen LogP contribution is -2.28. The van der Waals surface area contributed by atoms with Gasteiger partial charge in [0.25, 0.3) is 15.8 Å². The van der Waals surface area contributed by atoms with Crippen LogP contribution in [0.4, 0.5) is 10.1 Å². The molecule has 0 spiro atoms. The van der Waals surface area contributed by atoms with Gasteiger partial charge in [-0.2, -0.15) is 8.42 Å². The molecule has 29 heavy (non-hydrogen) atoms. The highest BCUT2D eigenvalue weighted by molar-refractivity contribution is 7.86. The smallest absolute Gasteiger partial charge is 0.338 e. The molecule has 2 rings (SSSR count). The van der Waals surface area contributed by atoms with Gasteiger partial charge in [0.1, 0.15) is 23.8 Å². The molecule has 1 N–H and O–H groups in total. The number of hydrogen-bond donors (Lipinski definition) is 1. The number of esters is 1. The molecule has 0 aliphatic carbocycles. The number of nitro benzene ring substituents is 1. The highest BCUT2D eigenvalue weighted by Crippen LogP contribution is 2.22. The van der Waals surface area contributed by atoms with Gasteiger partial charge in [-0.1, -0.05) is 24.3 Å². The largest absolute Gasteiger partial charge is 0.459 e. The topological polar surface area (TPSA) is 137 Å². The van der Waals surface area contributed by atoms with Crippen LogP contribution in [0.2, 0.25) is 0 Å². The number of nitro groups is 1. The third-order valence-corrected chi connectivity index (χ3v) is 5.02. The number of rotatable bonds is 10. The fourth-order valence-corrected chi connectivity index (χ4v) is 3.38. The van der Waals surface area contributed by atoms with Gasteiger partial charge in [0.15, 0.2) is 0 Å². The van der Waals surface area contributed by atoms with Crippen LogP contribution in [-0.4, -0.2) is 44.4 Å². The predicted octanol–water partition coefficient (Wildman–Crippen LogP) is 2.90. The number of carbonyl (C=O) groups excluding carboxylic acids is 1. The first-order chi connectivity index (χ1) is 13.7. The summed E-state index contributed by atoms with van der Waals surface area (Å²) in [4.78, 5) is 21.6. The minimum atomic E-state index is -4.52. The third-order valence-electron chi connectivity index (χ3n) is 3.66. The Morgan fingerprint density at radius 2 is 1.90 bits per heavy atom. The highest BCUT2D eigenvalue weighted by atomic mass is 32.2. The summed E-state index contributed by atoms with van der Waals surface area (Å²) in [5.41, 5.74) is -0.263. The van der Waals surface area contributed by atoms with Gasteiger partial charge in [-0.15, -0.1) is 0 Å². The Morgan fingerprint density at radius 3 is 2.52 bits per heavy atom. The van der Waals surface area contributed by atoms with Crippen LogP contribution in [0.1, 0.15) is 16.8 Å². The number of halogens is 1. The van der Waals surface area contributed by atoms with E-state index in [1.165, 1.54) is 12.1 Å². The molecule has 0 unspecified atom stereocenters. The van der Waals surface area contributed by atoms with Crippen LogP contribution in [0.25, 0.3) is 0 Å². The van der Waals surface area contributed by atoms with Crippen LogP contribution in [0.15, 0.2) is 59.5 Å². The van der Waals surface area contributed by atoms with Gasteiger partial charge < -0.3 is 10.1 Å². The van der Waals surface area contributed by atoms with E-state index in [0.717, 1.165) is 24.3 Å². The minimum absolute atomic E-state index is 0.205. The van der Waals surface area contributed by atoms with Crippen LogP contribution >= 0.6 is 0 Å². The van der Waals surface area contributed by atoms with Gasteiger partial charge in [-0.05, 0) is 18.2 Å². The van der Waals surface area contributed by atoms with Crippen molar-refractivity contribution < 1.29 is 31.4 Å². The number of non-ortho nitro benzene ring substituents is 1. The molecule has 2 aromatic rings. The SMILES string of the molecule is N=C[C@@H](F)C[C@@H](COC(=O)c1ccccc1)OS(=O)(=O)c1cccc([N+](=O)[O-])c1. The van der Waals surface area contributed by atoms with Crippen molar-refractivity contribution in [2.75, 3.05) is 6.61 Å². The van der Waals surface area contributed by atoms with Gasteiger partial charge in [-0.3, -0.25) is 14.3 Å². The van der Waals surface area contributed by atoms with E-state index in [-0.39, 0.29) is 5.56 Å². The van der Waals surface area contributed by atoms with Crippen molar-refractivity contribution in [2.45, 2.75) is 23.6 Å². The molecule has 0 aliphatic rings. The first-order valence-corrected chi connectivity index (χ1v) is 9.68. The molecule has 2 aromatic carbocycles. The summed E-state index contributed by atoms with van der Waals surface area (Å²) in [6.45, 7) is -0.601. The Labute approximate surface area is 165 Å². The van der Waals surface area contributed by atoms with Gasteiger partial charge in [-0.25, -0.2) is 9.18 Å². The minimum Gasteiger partial charge on any atom is -0.459 e. The summed E-state index contributed by atoms with van der Waals surface area (Å²) in [7, 11) is -4.52. The standard InChI is InChI=1S/C18H17FN2O7S/c19-14(11-20)9-16(12-27-18(22)13-5-2-1-3-6-13)28-29(25,26)17-8-4-7-15(10-17)21(23)24/h1-8,10-11,14,16,20H,9,12H2/t14-,16-/m0/s1. The van der Waals surface area contributed by atoms with Gasteiger partial charge in [0.2, 0.25) is 0 Å². The molecule has 2 atom stereocenters. The maximum Gasteiger partial charge on any atom is 0.338 e. The molecule has 0 aliphatic heterocycles. The van der Waals surface area contributed by atoms with E-state index in [2.05, 4.69) is 0 Å². The number of hydrogen-bond acceptors (Lipinski definition) is 8. The van der Waals surface area contributed by atoms with Gasteiger partial charge in [0.05, 0.1) is 10.5 Å². The first kappa shape index (κ1) is 22.1. The molecule has 9 nitrogen and oxygen atoms in total. The van der Waals surface area contributed by atoms with Gasteiger partial charge >= 0.3 is 5.97 Å². The molecule has 0 aromatic heterocycles. The molecule has 0 amide bonds. The fraction of sp³-hybridized carbons (Fsp3) is 0.222. The Kier molecular flexibility index (Phi) is 7.51. The number of ether oxygens (including phenoxy) is 1. The fourth-order valence-electron chi connectivity index (χ4n) is 2.27. The molecule has 0 heterocycles. The second kappa shape index (κ2) is 9.85. The summed E-state index contributed by atoms with van der Waals surface area (Å²) in [5.74, 6) is -0.766. The average Bonchev–Trinajstić information content (AvgIpc) is 2.72. The van der Waals surface area contributed by atoms with Crippen LogP contribution < -0.4 is 0 Å². The second-order valence-corrected chi connectivity index (χ2v) is 7.38. The monoisotopic (exact) mass is 424 g/mol. The van der Waals surface area contributed by atoms with Crippen molar-refractivity contribution in [1.29, 1.82) is 5.41 Å². The number of alkyl halides is 1. The molecule has 154 valence electrons. The van der Waals surface area contributed by atoms with Crippen molar-refractivity contribution in [1.82, 2.24) is 0 Å². The van der Waals surface area contributed by atoms with Crippen LogP contribution in [-0.2, 0) is 19.0 Å². The molecular weight excluding hydrogens is 407 g/mol. The predicted molar refractivity (Wildman–Crippen MR) is 100 cm³/mol. The summed E-state index contributed by atoms with van der Waals surface area (Å²) in [6.07, 6.45) is -3.39. The Hall–Kier alpha value is -3.18. The summed E-state index contributed by atoms with van der Waals surface area (Å²) >= 11 is 0. The van der Waals surface area contributed by atoms with Crippen molar-refractivity contribution >= 4 is 28.0 Å². The maximum atomic E-state index is 13.6. The lowest BCUT2D eigenvalue weighted by atomic mass is 10.2. The second-order valence-electron chi connectivity index (χ2n) is 5.81. The molecule has 0 saturated heterocycles. The molecule has 0 radical (unpaired) electrons. The van der Waals surface area contributed by atoms with Crippen molar-refractivity contribution in [3.05, 3.63) is 70.3 Å². The van der Waals surface area contributed by atoms with Crippen LogP contribution in [0.5, 0.6) is 0 Å². The van der Waals surface area contributed by atoms with Crippen LogP contribution in [0.3, 0.4) is 0 Å². The Morgan fingerprint density at radius 1 is 1.21 bits per heavy atom. The Balaban J connectivity index is 2.16. The van der Waals surface area contributed by atoms with E-state index >= 15 is 0 Å². The zero-order valence-electron chi connectivity index (χ0n) is 14.9. The van der Waals surface area contributed by atoms with E-state index in [0.29, 0.717) is 6.21 Å². The molecule has 0 saturated carbocycles. The Bertz CT molecular complexity index is 983. The number of benzene rings is 2. The van der Waals surface area contributed by atoms with Gasteiger partial charge in [0, 0.05) is 24.8 Å². The average molecular weight is 424 g/mol. The summed E-state index contributed by atoms with van der Waals surface area (Å²) < 4.78 is 48.5. The van der Waals surface area contributed by atoms with Crippen molar-refractivity contribution in [3.63, 3.8) is 0 Å². The van der Waals surface area contributed by atoms with Crippen molar-refractivity contribution in [3.8, 4) is 0 Å². The zero-order chi connectivity index (χ0) is 21.4. The van der Waals surface area contributed by atoms with E-state index in [4.69, 9.17) is 14.3 Å². The molecular formula is C18H17FN2O7S. The zero-order valence-corrected chi connectivity index (χ0v) is 15.8. The van der Waals surface area contributed by atoms with Crippen molar-refractivity contribution in [2.24, 2.45) is 0 Å². The lowest BCUT2D eigenvalue weighted by Gasteiger charge is -2.18. The molecule has 0 fully saturated rings. The van der Waals surface area contributed by atoms with Crippen LogP contribution in [0, 0.1) is 15.5 Å². The normalized spacial score (nSPS) is 13.3.